The maximum Gasteiger partial charge on any atom is 0.294 e. The molecule has 0 aliphatic carbocycles. The van der Waals surface area contributed by atoms with Crippen LogP contribution in [0.2, 0.25) is 5.02 Å². The fraction of sp³-hybridized carbons (Fsp3) is 0.214. The molecule has 2 amide bonds. The Labute approximate surface area is 230 Å². The molecular weight excluding hydrogens is 520 g/mol. The first-order valence-electron chi connectivity index (χ1n) is 12.5. The lowest BCUT2D eigenvalue weighted by Gasteiger charge is -2.31. The molecule has 2 aliphatic rings. The number of fused-ring (bicyclic) bond motifs is 1. The number of nitro groups is 1. The van der Waals surface area contributed by atoms with Crippen LogP contribution in [0.3, 0.4) is 0 Å². The summed E-state index contributed by atoms with van der Waals surface area (Å²) in [6.45, 7) is 3.41. The first-order chi connectivity index (χ1) is 18.8. The molecule has 1 saturated heterocycles. The summed E-state index contributed by atoms with van der Waals surface area (Å²) >= 11 is 6.12. The van der Waals surface area contributed by atoms with Crippen LogP contribution in [0, 0.1) is 10.1 Å². The van der Waals surface area contributed by atoms with Gasteiger partial charge < -0.3 is 20.9 Å². The van der Waals surface area contributed by atoms with Crippen molar-refractivity contribution in [2.45, 2.75) is 0 Å². The van der Waals surface area contributed by atoms with E-state index in [0.717, 1.165) is 31.7 Å². The maximum absolute atomic E-state index is 13.1. The first kappa shape index (κ1) is 26.4. The average Bonchev–Trinajstić information content (AvgIpc) is 3.24. The molecular formula is C28H27ClN6O4. The normalized spacial score (nSPS) is 16.8. The van der Waals surface area contributed by atoms with Crippen molar-refractivity contribution in [2.75, 3.05) is 55.7 Å². The summed E-state index contributed by atoms with van der Waals surface area (Å²) in [6.07, 6.45) is 0. The Balaban J connectivity index is 1.45. The third-order valence-electron chi connectivity index (χ3n) is 6.74. The van der Waals surface area contributed by atoms with Crippen LogP contribution in [0.5, 0.6) is 0 Å². The minimum absolute atomic E-state index is 0.109. The summed E-state index contributed by atoms with van der Waals surface area (Å²) in [5, 5.41) is 21.2. The molecule has 0 saturated carbocycles. The number of carbonyl (C=O) groups is 2. The maximum atomic E-state index is 13.1. The van der Waals surface area contributed by atoms with Gasteiger partial charge >= 0.3 is 0 Å². The molecule has 1 fully saturated rings. The average molecular weight is 547 g/mol. The van der Waals surface area contributed by atoms with Crippen molar-refractivity contribution in [3.05, 3.63) is 93.0 Å². The number of piperazine rings is 1. The lowest BCUT2D eigenvalue weighted by atomic mass is 10.00. The van der Waals surface area contributed by atoms with E-state index in [1.807, 2.05) is 42.3 Å². The standard InChI is InChI=1S/C28H27ClN6O4/c1-33-11-13-34(14-12-33)17-25(36)31-22-10-8-20(16-24(22)35(38)39)30-27(18-5-3-2-4-6-18)26-21-9-7-19(29)15-23(21)32-28(26)37/h2-10,15-16,30H,11-14,17H2,1H3,(H,31,36)(H,32,37)/b27-26-. The third-order valence-corrected chi connectivity index (χ3v) is 6.97. The van der Waals surface area contributed by atoms with Crippen molar-refractivity contribution in [1.29, 1.82) is 0 Å². The fourth-order valence-electron chi connectivity index (χ4n) is 4.69. The highest BCUT2D eigenvalue weighted by Gasteiger charge is 2.29. The van der Waals surface area contributed by atoms with Gasteiger partial charge in [-0.3, -0.25) is 24.6 Å². The monoisotopic (exact) mass is 546 g/mol. The van der Waals surface area contributed by atoms with Crippen molar-refractivity contribution in [1.82, 2.24) is 9.80 Å². The van der Waals surface area contributed by atoms with Crippen LogP contribution < -0.4 is 16.0 Å². The fourth-order valence-corrected chi connectivity index (χ4v) is 4.86. The van der Waals surface area contributed by atoms with Gasteiger partial charge in [0.2, 0.25) is 5.91 Å². The summed E-state index contributed by atoms with van der Waals surface area (Å²) in [6, 6.07) is 18.9. The van der Waals surface area contributed by atoms with E-state index in [1.165, 1.54) is 12.1 Å². The van der Waals surface area contributed by atoms with Crippen molar-refractivity contribution >= 4 is 57.4 Å². The number of hydrogen-bond donors (Lipinski definition) is 3. The highest BCUT2D eigenvalue weighted by molar-refractivity contribution is 6.38. The number of nitro benzene ring substituents is 1. The minimum atomic E-state index is -0.536. The zero-order valence-electron chi connectivity index (χ0n) is 21.2. The van der Waals surface area contributed by atoms with Gasteiger partial charge in [-0.25, -0.2) is 0 Å². The lowest BCUT2D eigenvalue weighted by molar-refractivity contribution is -0.383. The van der Waals surface area contributed by atoms with Gasteiger partial charge in [0.25, 0.3) is 11.6 Å². The van der Waals surface area contributed by atoms with Crippen LogP contribution in [0.4, 0.5) is 22.7 Å². The Morgan fingerprint density at radius 2 is 1.77 bits per heavy atom. The number of likely N-dealkylation sites (N-methyl/N-ethyl adjacent to an activating group) is 1. The molecule has 39 heavy (non-hydrogen) atoms. The summed E-state index contributed by atoms with van der Waals surface area (Å²) in [5.74, 6) is -0.630. The number of amides is 2. The second kappa shape index (κ2) is 11.2. The molecule has 200 valence electrons. The van der Waals surface area contributed by atoms with Gasteiger partial charge in [-0.1, -0.05) is 48.0 Å². The Morgan fingerprint density at radius 1 is 1.03 bits per heavy atom. The molecule has 0 atom stereocenters. The largest absolute Gasteiger partial charge is 0.354 e. The van der Waals surface area contributed by atoms with Crippen LogP contribution in [-0.4, -0.2) is 66.3 Å². The number of nitrogens with one attached hydrogen (secondary N) is 3. The predicted octanol–water partition coefficient (Wildman–Crippen LogP) is 4.37. The molecule has 0 spiro atoms. The van der Waals surface area contributed by atoms with Gasteiger partial charge in [0, 0.05) is 48.5 Å². The van der Waals surface area contributed by atoms with Gasteiger partial charge in [0.05, 0.1) is 28.4 Å². The number of nitrogens with zero attached hydrogens (tertiary/aromatic N) is 3. The second-order valence-corrected chi connectivity index (χ2v) is 9.94. The molecule has 0 aromatic heterocycles. The molecule has 3 aromatic carbocycles. The van der Waals surface area contributed by atoms with E-state index in [9.17, 15) is 19.7 Å². The SMILES string of the molecule is CN1CCN(CC(=O)Nc2ccc(N/C(=C3\C(=O)Nc4cc(Cl)ccc43)c3ccccc3)cc2[N+](=O)[O-])CC1. The van der Waals surface area contributed by atoms with E-state index in [1.54, 1.807) is 24.3 Å². The molecule has 0 radical (unpaired) electrons. The van der Waals surface area contributed by atoms with Crippen LogP contribution >= 0.6 is 11.6 Å². The van der Waals surface area contributed by atoms with Crippen molar-refractivity contribution < 1.29 is 14.5 Å². The van der Waals surface area contributed by atoms with Crippen LogP contribution in [0.1, 0.15) is 11.1 Å². The quantitative estimate of drug-likeness (QED) is 0.229. The Kier molecular flexibility index (Phi) is 7.60. The number of anilines is 3. The molecule has 5 rings (SSSR count). The predicted molar refractivity (Wildman–Crippen MR) is 153 cm³/mol. The van der Waals surface area contributed by atoms with E-state index in [2.05, 4.69) is 20.9 Å². The number of halogens is 1. The highest BCUT2D eigenvalue weighted by atomic mass is 35.5. The van der Waals surface area contributed by atoms with Crippen molar-refractivity contribution in [3.8, 4) is 0 Å². The van der Waals surface area contributed by atoms with Gasteiger partial charge in [-0.15, -0.1) is 0 Å². The van der Waals surface area contributed by atoms with E-state index in [4.69, 9.17) is 11.6 Å². The number of hydrogen-bond acceptors (Lipinski definition) is 7. The molecule has 2 heterocycles. The number of carbonyl (C=O) groups excluding carboxylic acids is 2. The number of rotatable bonds is 7. The summed E-state index contributed by atoms with van der Waals surface area (Å²) in [4.78, 5) is 41.4. The van der Waals surface area contributed by atoms with Crippen LogP contribution in [0.25, 0.3) is 11.3 Å². The van der Waals surface area contributed by atoms with Gasteiger partial charge in [-0.05, 0) is 36.9 Å². The van der Waals surface area contributed by atoms with E-state index >= 15 is 0 Å². The molecule has 3 aromatic rings. The van der Waals surface area contributed by atoms with E-state index in [-0.39, 0.29) is 29.7 Å². The topological polar surface area (TPSA) is 120 Å². The van der Waals surface area contributed by atoms with Crippen LogP contribution in [0.15, 0.2) is 66.7 Å². The van der Waals surface area contributed by atoms with Crippen LogP contribution in [-0.2, 0) is 9.59 Å². The second-order valence-electron chi connectivity index (χ2n) is 9.50. The smallest absolute Gasteiger partial charge is 0.294 e. The molecule has 3 N–H and O–H groups in total. The molecule has 0 bridgehead atoms. The van der Waals surface area contributed by atoms with Crippen molar-refractivity contribution in [2.24, 2.45) is 0 Å². The zero-order chi connectivity index (χ0) is 27.5. The Morgan fingerprint density at radius 3 is 2.49 bits per heavy atom. The highest BCUT2D eigenvalue weighted by Crippen LogP contribution is 2.39. The summed E-state index contributed by atoms with van der Waals surface area (Å²) in [5.41, 5.74) is 3.08. The van der Waals surface area contributed by atoms with Crippen molar-refractivity contribution in [3.63, 3.8) is 0 Å². The van der Waals surface area contributed by atoms with Gasteiger partial charge in [0.15, 0.2) is 0 Å². The molecule has 11 heteroatoms. The van der Waals surface area contributed by atoms with E-state index in [0.29, 0.717) is 33.2 Å². The Hall–Kier alpha value is -4.25. The van der Waals surface area contributed by atoms with Gasteiger partial charge in [0.1, 0.15) is 5.69 Å². The summed E-state index contributed by atoms with van der Waals surface area (Å²) in [7, 11) is 2.03. The molecule has 2 aliphatic heterocycles. The van der Waals surface area contributed by atoms with Gasteiger partial charge in [-0.2, -0.15) is 0 Å². The Bertz CT molecular complexity index is 1470. The molecule has 0 unspecified atom stereocenters. The molecule has 10 nitrogen and oxygen atoms in total. The zero-order valence-corrected chi connectivity index (χ0v) is 22.0. The lowest BCUT2D eigenvalue weighted by Crippen LogP contribution is -2.47. The number of benzene rings is 3. The minimum Gasteiger partial charge on any atom is -0.354 e. The summed E-state index contributed by atoms with van der Waals surface area (Å²) < 4.78 is 0. The third kappa shape index (κ3) is 5.93. The first-order valence-corrected chi connectivity index (χ1v) is 12.8. The van der Waals surface area contributed by atoms with E-state index < -0.39 is 4.92 Å².